The lowest BCUT2D eigenvalue weighted by Gasteiger charge is -2.23. The molecule has 1 aliphatic carbocycles. The van der Waals surface area contributed by atoms with Crippen molar-refractivity contribution < 1.29 is 27.5 Å². The van der Waals surface area contributed by atoms with Crippen molar-refractivity contribution in [2.75, 3.05) is 24.5 Å². The van der Waals surface area contributed by atoms with Crippen LogP contribution in [0.1, 0.15) is 25.7 Å². The van der Waals surface area contributed by atoms with Crippen LogP contribution in [0.4, 0.5) is 18.9 Å². The van der Waals surface area contributed by atoms with E-state index in [1.54, 1.807) is 6.07 Å². The maximum Gasteiger partial charge on any atom is 0.573 e. The maximum atomic E-state index is 12.7. The number of nitrogens with one attached hydrogen (secondary N) is 2. The Morgan fingerprint density at radius 3 is 2.69 bits per heavy atom. The van der Waals surface area contributed by atoms with E-state index in [1.807, 2.05) is 0 Å². The second-order valence-electron chi connectivity index (χ2n) is 7.75. The molecular weight excluding hydrogens is 411 g/mol. The van der Waals surface area contributed by atoms with Gasteiger partial charge < -0.3 is 20.3 Å². The number of benzene rings is 1. The highest BCUT2D eigenvalue weighted by Gasteiger charge is 2.58. The number of alkyl halides is 3. The molecule has 1 saturated carbocycles. The van der Waals surface area contributed by atoms with Crippen LogP contribution in [-0.2, 0) is 9.59 Å². The second-order valence-corrected chi connectivity index (χ2v) is 7.75. The molecule has 1 aromatic carbocycles. The van der Waals surface area contributed by atoms with E-state index in [4.69, 9.17) is 0 Å². The van der Waals surface area contributed by atoms with E-state index in [1.165, 1.54) is 23.1 Å². The fourth-order valence-corrected chi connectivity index (χ4v) is 4.39. The highest BCUT2D eigenvalue weighted by molar-refractivity contribution is 6.01. The van der Waals surface area contributed by atoms with Crippen molar-refractivity contribution in [2.24, 2.45) is 11.3 Å². The molecule has 0 radical (unpaired) electrons. The molecule has 2 saturated heterocycles. The summed E-state index contributed by atoms with van der Waals surface area (Å²) in [5.41, 5.74) is 0.407. The zero-order valence-corrected chi connectivity index (χ0v) is 16.4. The van der Waals surface area contributed by atoms with Gasteiger partial charge in [-0.2, -0.15) is 0 Å². The number of ether oxygens (including phenoxy) is 1. The maximum absolute atomic E-state index is 12.7. The van der Waals surface area contributed by atoms with Gasteiger partial charge in [0, 0.05) is 24.2 Å². The molecule has 6 nitrogen and oxygen atoms in total. The lowest BCUT2D eigenvalue weighted by molar-refractivity contribution is -0.274. The minimum Gasteiger partial charge on any atom is -0.406 e. The first-order valence-electron chi connectivity index (χ1n) is 9.46. The predicted molar refractivity (Wildman–Crippen MR) is 102 cm³/mol. The molecule has 0 bridgehead atoms. The summed E-state index contributed by atoms with van der Waals surface area (Å²) in [5, 5.41) is 6.14. The van der Waals surface area contributed by atoms with Crippen molar-refractivity contribution in [3.63, 3.8) is 0 Å². The molecule has 0 aromatic heterocycles. The highest BCUT2D eigenvalue weighted by atomic mass is 35.5. The molecule has 2 heterocycles. The Labute approximate surface area is 172 Å². The number of nitrogens with zero attached hydrogens (tertiary/aromatic N) is 1. The number of carbonyl (C=O) groups is 2. The van der Waals surface area contributed by atoms with Crippen LogP contribution in [0.15, 0.2) is 24.3 Å². The van der Waals surface area contributed by atoms with Crippen molar-refractivity contribution >= 4 is 29.9 Å². The SMILES string of the molecule is Cl.O=C(NC1CCN(c2cccc(OC(F)(F)F)c2)C1=O)C1CC12CCNCC2. The van der Waals surface area contributed by atoms with Crippen LogP contribution in [0.3, 0.4) is 0 Å². The van der Waals surface area contributed by atoms with Crippen LogP contribution in [0.25, 0.3) is 0 Å². The number of anilines is 1. The monoisotopic (exact) mass is 433 g/mol. The summed E-state index contributed by atoms with van der Waals surface area (Å²) in [6, 6.07) is 4.68. The van der Waals surface area contributed by atoms with Crippen molar-refractivity contribution in [1.29, 1.82) is 0 Å². The standard InChI is InChI=1S/C19H22F3N3O3.ClH/c20-19(21,22)28-13-3-1-2-12(10-13)25-9-4-15(17(25)27)24-16(26)14-11-18(14)5-7-23-8-6-18;/h1-3,10,14-15,23H,4-9,11H2,(H,24,26);1H. The lowest BCUT2D eigenvalue weighted by Crippen LogP contribution is -2.43. The zero-order valence-electron chi connectivity index (χ0n) is 15.6. The van der Waals surface area contributed by atoms with Gasteiger partial charge in [-0.25, -0.2) is 0 Å². The topological polar surface area (TPSA) is 70.7 Å². The van der Waals surface area contributed by atoms with E-state index in [-0.39, 0.29) is 41.3 Å². The molecule has 3 fully saturated rings. The number of halogens is 4. The van der Waals surface area contributed by atoms with Crippen LogP contribution in [-0.4, -0.2) is 43.9 Å². The minimum atomic E-state index is -4.79. The number of amides is 2. The van der Waals surface area contributed by atoms with E-state index in [9.17, 15) is 22.8 Å². The van der Waals surface area contributed by atoms with Gasteiger partial charge in [0.15, 0.2) is 0 Å². The van der Waals surface area contributed by atoms with Gasteiger partial charge in [-0.3, -0.25) is 9.59 Å². The molecule has 2 unspecified atom stereocenters. The number of hydrogen-bond acceptors (Lipinski definition) is 4. The number of hydrogen-bond donors (Lipinski definition) is 2. The Bertz CT molecular complexity index is 783. The summed E-state index contributed by atoms with van der Waals surface area (Å²) in [4.78, 5) is 26.7. The fraction of sp³-hybridized carbons (Fsp3) is 0.579. The molecule has 10 heteroatoms. The summed E-state index contributed by atoms with van der Waals surface area (Å²) >= 11 is 0. The number of piperidine rings is 1. The van der Waals surface area contributed by atoms with Crippen LogP contribution in [0, 0.1) is 11.3 Å². The van der Waals surface area contributed by atoms with Gasteiger partial charge in [0.2, 0.25) is 11.8 Å². The van der Waals surface area contributed by atoms with Crippen molar-refractivity contribution in [2.45, 2.75) is 38.1 Å². The summed E-state index contributed by atoms with van der Waals surface area (Å²) in [7, 11) is 0. The summed E-state index contributed by atoms with van der Waals surface area (Å²) < 4.78 is 41.2. The number of carbonyl (C=O) groups excluding carboxylic acids is 2. The quantitative estimate of drug-likeness (QED) is 0.765. The Balaban J connectivity index is 0.00000240. The van der Waals surface area contributed by atoms with Gasteiger partial charge in [0.25, 0.3) is 0 Å². The normalized spacial score (nSPS) is 25.5. The van der Waals surface area contributed by atoms with Gasteiger partial charge in [-0.15, -0.1) is 25.6 Å². The van der Waals surface area contributed by atoms with Gasteiger partial charge in [0.1, 0.15) is 11.8 Å². The molecular formula is C19H23ClF3N3O3. The number of rotatable bonds is 4. The van der Waals surface area contributed by atoms with Crippen molar-refractivity contribution in [1.82, 2.24) is 10.6 Å². The predicted octanol–water partition coefficient (Wildman–Crippen LogP) is 2.62. The Kier molecular flexibility index (Phi) is 6.01. The van der Waals surface area contributed by atoms with Crippen LogP contribution in [0.2, 0.25) is 0 Å². The average molecular weight is 434 g/mol. The first-order valence-corrected chi connectivity index (χ1v) is 9.46. The molecule has 29 heavy (non-hydrogen) atoms. The van der Waals surface area contributed by atoms with Crippen molar-refractivity contribution in [3.8, 4) is 5.75 Å². The van der Waals surface area contributed by atoms with E-state index in [0.29, 0.717) is 18.7 Å². The van der Waals surface area contributed by atoms with Gasteiger partial charge in [-0.05, 0) is 56.3 Å². The first kappa shape index (κ1) is 21.7. The zero-order chi connectivity index (χ0) is 19.9. The molecule has 2 N–H and O–H groups in total. The fourth-order valence-electron chi connectivity index (χ4n) is 4.39. The highest BCUT2D eigenvalue weighted by Crippen LogP contribution is 2.58. The molecule has 2 amide bonds. The minimum absolute atomic E-state index is 0. The van der Waals surface area contributed by atoms with Gasteiger partial charge in [0.05, 0.1) is 0 Å². The summed E-state index contributed by atoms with van der Waals surface area (Å²) in [6.07, 6.45) is -1.55. The molecule has 3 aliphatic rings. The van der Waals surface area contributed by atoms with E-state index in [2.05, 4.69) is 15.4 Å². The van der Waals surface area contributed by atoms with E-state index < -0.39 is 12.4 Å². The Morgan fingerprint density at radius 2 is 2.00 bits per heavy atom. The molecule has 2 atom stereocenters. The lowest BCUT2D eigenvalue weighted by atomic mass is 9.91. The third kappa shape index (κ3) is 4.61. The smallest absolute Gasteiger partial charge is 0.406 e. The molecule has 1 spiro atoms. The molecule has 4 rings (SSSR count). The first-order chi connectivity index (χ1) is 13.3. The summed E-state index contributed by atoms with van der Waals surface area (Å²) in [5.74, 6) is -0.815. The third-order valence-corrected chi connectivity index (χ3v) is 5.99. The Hall–Kier alpha value is -2.00. The van der Waals surface area contributed by atoms with Gasteiger partial charge >= 0.3 is 6.36 Å². The largest absolute Gasteiger partial charge is 0.573 e. The van der Waals surface area contributed by atoms with Crippen LogP contribution >= 0.6 is 12.4 Å². The molecule has 1 aromatic rings. The molecule has 2 aliphatic heterocycles. The average Bonchev–Trinajstić information content (AvgIpc) is 3.20. The van der Waals surface area contributed by atoms with Crippen LogP contribution in [0.5, 0.6) is 5.75 Å². The second kappa shape index (κ2) is 8.02. The van der Waals surface area contributed by atoms with Crippen LogP contribution < -0.4 is 20.3 Å². The Morgan fingerprint density at radius 1 is 1.28 bits per heavy atom. The van der Waals surface area contributed by atoms with Gasteiger partial charge in [-0.1, -0.05) is 6.07 Å². The van der Waals surface area contributed by atoms with E-state index >= 15 is 0 Å². The van der Waals surface area contributed by atoms with E-state index in [0.717, 1.165) is 32.4 Å². The van der Waals surface area contributed by atoms with Crippen molar-refractivity contribution in [3.05, 3.63) is 24.3 Å². The summed E-state index contributed by atoms with van der Waals surface area (Å²) in [6.45, 7) is 2.16. The third-order valence-electron chi connectivity index (χ3n) is 5.99. The molecule has 160 valence electrons.